The van der Waals surface area contributed by atoms with Crippen molar-refractivity contribution in [2.45, 2.75) is 76.4 Å². The summed E-state index contributed by atoms with van der Waals surface area (Å²) in [5, 5.41) is 22.3. The summed E-state index contributed by atoms with van der Waals surface area (Å²) in [5.74, 6) is 0.372. The van der Waals surface area contributed by atoms with E-state index in [9.17, 15) is 28.1 Å². The number of hydrogen-bond donors (Lipinski definition) is 3. The van der Waals surface area contributed by atoms with E-state index in [1.54, 1.807) is 20.1 Å². The molecule has 52 heavy (non-hydrogen) atoms. The van der Waals surface area contributed by atoms with E-state index in [-0.39, 0.29) is 66.8 Å². The Balaban J connectivity index is 1.63. The lowest BCUT2D eigenvalue weighted by Crippen LogP contribution is -2.51. The Morgan fingerprint density at radius 2 is 1.77 bits per heavy atom. The number of halogens is 1. The van der Waals surface area contributed by atoms with Crippen LogP contribution in [0.4, 0.5) is 0 Å². The number of nitrogens with zero attached hydrogens (tertiary/aromatic N) is 5. The molecular weight excluding hydrogens is 712 g/mol. The Hall–Kier alpha value is -4.72. The van der Waals surface area contributed by atoms with Crippen molar-refractivity contribution in [1.82, 2.24) is 35.0 Å². The van der Waals surface area contributed by atoms with Crippen LogP contribution in [0.15, 0.2) is 41.3 Å². The zero-order valence-electron chi connectivity index (χ0n) is 29.9. The smallest absolute Gasteiger partial charge is 0.244 e. The summed E-state index contributed by atoms with van der Waals surface area (Å²) < 4.78 is 40.9. The second-order valence-corrected chi connectivity index (χ2v) is 14.9. The van der Waals surface area contributed by atoms with Gasteiger partial charge in [-0.2, -0.15) is 14.7 Å². The fourth-order valence-corrected chi connectivity index (χ4v) is 7.80. The van der Waals surface area contributed by atoms with Gasteiger partial charge in [0.1, 0.15) is 23.3 Å². The second kappa shape index (κ2) is 18.2. The van der Waals surface area contributed by atoms with E-state index >= 15 is 0 Å². The van der Waals surface area contributed by atoms with Gasteiger partial charge >= 0.3 is 0 Å². The highest BCUT2D eigenvalue weighted by atomic mass is 35.5. The van der Waals surface area contributed by atoms with E-state index in [0.717, 1.165) is 5.56 Å². The van der Waals surface area contributed by atoms with E-state index in [4.69, 9.17) is 26.1 Å². The van der Waals surface area contributed by atoms with Crippen molar-refractivity contribution in [3.05, 3.63) is 64.2 Å². The number of amides is 3. The number of nitriles is 1. The second-order valence-electron chi connectivity index (χ2n) is 12.5. The number of fused-ring (bicyclic) bond motifs is 1. The molecule has 0 saturated heterocycles. The van der Waals surface area contributed by atoms with Crippen molar-refractivity contribution < 1.29 is 32.3 Å². The molecule has 2 aromatic carbocycles. The number of hydrogen-bond acceptors (Lipinski definition) is 10. The van der Waals surface area contributed by atoms with Gasteiger partial charge in [0.05, 0.1) is 36.9 Å². The summed E-state index contributed by atoms with van der Waals surface area (Å²) in [7, 11) is -1.06. The number of nitrogens with one attached hydrogen (secondary N) is 3. The number of carbonyl (C=O) groups is 3. The van der Waals surface area contributed by atoms with Crippen molar-refractivity contribution in [3.63, 3.8) is 0 Å². The molecule has 1 aromatic heterocycles. The van der Waals surface area contributed by atoms with E-state index in [1.807, 2.05) is 32.0 Å². The quantitative estimate of drug-likeness (QED) is 0.307. The van der Waals surface area contributed by atoms with Crippen LogP contribution in [0.25, 0.3) is 0 Å². The van der Waals surface area contributed by atoms with Gasteiger partial charge in [-0.1, -0.05) is 37.9 Å². The minimum absolute atomic E-state index is 0.0134. The number of carbonyl (C=O) groups excluding carboxylic acids is 3. The number of aromatic nitrogens is 3. The molecular formula is C35H45ClN8O7S. The monoisotopic (exact) mass is 756 g/mol. The first kappa shape index (κ1) is 40.1. The van der Waals surface area contributed by atoms with Crippen LogP contribution in [0.2, 0.25) is 5.02 Å². The molecule has 0 spiro atoms. The van der Waals surface area contributed by atoms with Gasteiger partial charge in [0.2, 0.25) is 27.7 Å². The molecule has 0 aliphatic carbocycles. The number of methoxy groups -OCH3 is 2. The summed E-state index contributed by atoms with van der Waals surface area (Å²) in [6.07, 6.45) is 1.25. The van der Waals surface area contributed by atoms with Gasteiger partial charge in [0.15, 0.2) is 17.3 Å². The molecule has 3 N–H and O–H groups in total. The average Bonchev–Trinajstić information content (AvgIpc) is 3.51. The third-order valence-corrected chi connectivity index (χ3v) is 11.2. The lowest BCUT2D eigenvalue weighted by Gasteiger charge is -2.26. The zero-order valence-corrected chi connectivity index (χ0v) is 31.5. The SMILES string of the molecule is CC[C@H](C)[C@@H]1NC(=O)CCCN(S(=O)(=O)c2ccc(C#N)cc2Cl)CCCNC(=O)Cn2nc(Cc3ccc(OC)c(OC)c3)nc2[C@@H](C)NC1=O. The van der Waals surface area contributed by atoms with Crippen LogP contribution in [0, 0.1) is 17.2 Å². The highest BCUT2D eigenvalue weighted by molar-refractivity contribution is 7.89. The minimum atomic E-state index is -4.15. The van der Waals surface area contributed by atoms with E-state index in [0.29, 0.717) is 36.0 Å². The Morgan fingerprint density at radius 3 is 2.44 bits per heavy atom. The molecule has 1 aliphatic heterocycles. The molecule has 280 valence electrons. The van der Waals surface area contributed by atoms with Gasteiger partial charge in [-0.3, -0.25) is 14.4 Å². The van der Waals surface area contributed by atoms with Crippen LogP contribution in [0.1, 0.15) is 75.3 Å². The van der Waals surface area contributed by atoms with Crippen LogP contribution in [-0.2, 0) is 37.4 Å². The summed E-state index contributed by atoms with van der Waals surface area (Å²) in [4.78, 5) is 44.6. The highest BCUT2D eigenvalue weighted by Crippen LogP contribution is 2.29. The fraction of sp³-hybridized carbons (Fsp3) is 0.486. The predicted octanol–water partition coefficient (Wildman–Crippen LogP) is 3.11. The molecule has 4 rings (SSSR count). The molecule has 0 fully saturated rings. The molecule has 0 radical (unpaired) electrons. The third kappa shape index (κ3) is 9.99. The minimum Gasteiger partial charge on any atom is -0.493 e. The van der Waals surface area contributed by atoms with Crippen molar-refractivity contribution >= 4 is 39.3 Å². The molecule has 3 amide bonds. The lowest BCUT2D eigenvalue weighted by molar-refractivity contribution is -0.130. The molecule has 15 nitrogen and oxygen atoms in total. The van der Waals surface area contributed by atoms with Crippen LogP contribution in [0.5, 0.6) is 11.5 Å². The Kier molecular flexibility index (Phi) is 14.0. The zero-order chi connectivity index (χ0) is 38.0. The van der Waals surface area contributed by atoms with Gasteiger partial charge in [0.25, 0.3) is 0 Å². The van der Waals surface area contributed by atoms with Crippen molar-refractivity contribution in [3.8, 4) is 17.6 Å². The van der Waals surface area contributed by atoms with E-state index in [1.165, 1.54) is 34.3 Å². The summed E-state index contributed by atoms with van der Waals surface area (Å²) in [6, 6.07) is 9.73. The first-order chi connectivity index (χ1) is 24.8. The number of rotatable bonds is 8. The summed E-state index contributed by atoms with van der Waals surface area (Å²) >= 11 is 6.29. The van der Waals surface area contributed by atoms with Gasteiger partial charge in [-0.05, 0) is 61.6 Å². The number of sulfonamides is 1. The van der Waals surface area contributed by atoms with Gasteiger partial charge in [0, 0.05) is 32.5 Å². The molecule has 3 atom stereocenters. The van der Waals surface area contributed by atoms with Crippen molar-refractivity contribution in [1.29, 1.82) is 5.26 Å². The van der Waals surface area contributed by atoms with Crippen LogP contribution in [-0.4, -0.2) is 85.1 Å². The Morgan fingerprint density at radius 1 is 1.04 bits per heavy atom. The maximum atomic E-state index is 13.8. The summed E-state index contributed by atoms with van der Waals surface area (Å²) in [6.45, 7) is 5.40. The largest absolute Gasteiger partial charge is 0.493 e. The molecule has 0 bridgehead atoms. The van der Waals surface area contributed by atoms with Crippen LogP contribution >= 0.6 is 11.6 Å². The maximum absolute atomic E-state index is 13.8. The van der Waals surface area contributed by atoms with Gasteiger partial charge in [-0.15, -0.1) is 0 Å². The van der Waals surface area contributed by atoms with E-state index in [2.05, 4.69) is 21.0 Å². The average molecular weight is 757 g/mol. The summed E-state index contributed by atoms with van der Waals surface area (Å²) in [5.41, 5.74) is 1.04. The predicted molar refractivity (Wildman–Crippen MR) is 192 cm³/mol. The molecule has 17 heteroatoms. The normalized spacial score (nSPS) is 19.1. The van der Waals surface area contributed by atoms with E-state index < -0.39 is 39.8 Å². The molecule has 0 unspecified atom stereocenters. The van der Waals surface area contributed by atoms with Crippen LogP contribution < -0.4 is 25.4 Å². The Labute approximate surface area is 309 Å². The molecule has 0 saturated carbocycles. The molecule has 2 heterocycles. The number of ether oxygens (including phenoxy) is 2. The first-order valence-electron chi connectivity index (χ1n) is 17.0. The van der Waals surface area contributed by atoms with Gasteiger partial charge < -0.3 is 25.4 Å². The van der Waals surface area contributed by atoms with Crippen molar-refractivity contribution in [2.75, 3.05) is 33.9 Å². The lowest BCUT2D eigenvalue weighted by atomic mass is 9.97. The highest BCUT2D eigenvalue weighted by Gasteiger charge is 2.30. The Bertz CT molecular complexity index is 1910. The fourth-order valence-electron chi connectivity index (χ4n) is 5.76. The first-order valence-corrected chi connectivity index (χ1v) is 18.8. The maximum Gasteiger partial charge on any atom is 0.244 e. The molecule has 1 aliphatic rings. The van der Waals surface area contributed by atoms with Gasteiger partial charge in [-0.25, -0.2) is 18.1 Å². The standard InChI is InChI=1S/C35H45ClN8O7S/c1-6-22(2)33-35(47)39-23(3)34-40-30(19-24-10-12-27(50-4)28(18-24)51-5)42-44(34)21-32(46)38-14-8-16-43(15-7-9-31(45)41-33)52(48,49)29-13-11-25(20-37)17-26(29)36/h10-13,17-18,22-23,33H,6-9,14-16,19,21H2,1-5H3,(H,38,46)(H,39,47)(H,41,45)/t22-,23+,33-/m0/s1. The molecule has 3 aromatic rings. The number of benzene rings is 2. The van der Waals surface area contributed by atoms with Crippen molar-refractivity contribution in [2.24, 2.45) is 5.92 Å². The van der Waals surface area contributed by atoms with Crippen LogP contribution in [0.3, 0.4) is 0 Å². The topological polar surface area (TPSA) is 198 Å². The third-order valence-electron chi connectivity index (χ3n) is 8.80.